The van der Waals surface area contributed by atoms with Crippen LogP contribution in [0.3, 0.4) is 0 Å². The lowest BCUT2D eigenvalue weighted by Crippen LogP contribution is -2.20. The van der Waals surface area contributed by atoms with E-state index in [4.69, 9.17) is 0 Å². The van der Waals surface area contributed by atoms with Crippen molar-refractivity contribution in [2.24, 2.45) is 0 Å². The number of anilines is 2. The Morgan fingerprint density at radius 3 is 2.66 bits per heavy atom. The molecule has 0 aliphatic heterocycles. The molecule has 32 heavy (non-hydrogen) atoms. The molecule has 0 unspecified atom stereocenters. The highest BCUT2D eigenvalue weighted by atomic mass is 16.2. The largest absolute Gasteiger partial charge is 0.323 e. The summed E-state index contributed by atoms with van der Waals surface area (Å²) in [4.78, 5) is 33.1. The molecule has 0 radical (unpaired) electrons. The zero-order valence-electron chi connectivity index (χ0n) is 16.9. The van der Waals surface area contributed by atoms with E-state index in [0.29, 0.717) is 23.2 Å². The molecule has 0 aliphatic carbocycles. The number of nitrogens with zero attached hydrogens (tertiary/aromatic N) is 3. The summed E-state index contributed by atoms with van der Waals surface area (Å²) in [6, 6.07) is 18.2. The molecular formula is C24H18N6O2. The maximum absolute atomic E-state index is 12.4. The predicted octanol–water partition coefficient (Wildman–Crippen LogP) is 4.10. The van der Waals surface area contributed by atoms with Gasteiger partial charge in [0.15, 0.2) is 0 Å². The van der Waals surface area contributed by atoms with Gasteiger partial charge in [0.1, 0.15) is 0 Å². The van der Waals surface area contributed by atoms with Gasteiger partial charge >= 0.3 is 6.03 Å². The minimum atomic E-state index is -0.426. The number of H-pyrrole nitrogens is 1. The van der Waals surface area contributed by atoms with Crippen molar-refractivity contribution in [3.8, 4) is 0 Å². The standard InChI is InChI=1S/C24H18N6O2/c31-23-20-12-17(27-24(32)28-18-5-3-9-25-14-18)7-8-19(20)22(29-30-23)11-15-10-16-4-1-2-6-21(16)26-13-15/h1-10,12-14H,11H2,(H,30,31)(H2,27,28,32). The van der Waals surface area contributed by atoms with Gasteiger partial charge in [0, 0.05) is 35.3 Å². The van der Waals surface area contributed by atoms with Crippen LogP contribution >= 0.6 is 0 Å². The summed E-state index contributed by atoms with van der Waals surface area (Å²) in [7, 11) is 0. The first-order valence-corrected chi connectivity index (χ1v) is 9.99. The van der Waals surface area contributed by atoms with Gasteiger partial charge in [-0.15, -0.1) is 0 Å². The molecule has 2 amide bonds. The van der Waals surface area contributed by atoms with Crippen molar-refractivity contribution in [3.05, 3.63) is 101 Å². The number of aromatic nitrogens is 4. The van der Waals surface area contributed by atoms with Crippen LogP contribution in [0.2, 0.25) is 0 Å². The summed E-state index contributed by atoms with van der Waals surface area (Å²) in [6.45, 7) is 0. The summed E-state index contributed by atoms with van der Waals surface area (Å²) in [5, 5.41) is 14.5. The fraction of sp³-hybridized carbons (Fsp3) is 0.0417. The first kappa shape index (κ1) is 19.4. The first-order valence-electron chi connectivity index (χ1n) is 9.99. The van der Waals surface area contributed by atoms with Crippen molar-refractivity contribution in [3.63, 3.8) is 0 Å². The number of hydrogen-bond donors (Lipinski definition) is 3. The highest BCUT2D eigenvalue weighted by molar-refractivity contribution is 6.01. The van der Waals surface area contributed by atoms with Crippen LogP contribution in [0.4, 0.5) is 16.2 Å². The third kappa shape index (κ3) is 4.01. The fourth-order valence-corrected chi connectivity index (χ4v) is 3.57. The number of amides is 2. The van der Waals surface area contributed by atoms with Gasteiger partial charge in [0.05, 0.1) is 28.5 Å². The number of urea groups is 1. The van der Waals surface area contributed by atoms with E-state index in [1.807, 2.05) is 30.5 Å². The van der Waals surface area contributed by atoms with Crippen LogP contribution in [-0.4, -0.2) is 26.2 Å². The number of nitrogens with one attached hydrogen (secondary N) is 3. The number of para-hydroxylation sites is 1. The van der Waals surface area contributed by atoms with Gasteiger partial charge in [0.25, 0.3) is 5.56 Å². The fourth-order valence-electron chi connectivity index (χ4n) is 3.57. The zero-order valence-corrected chi connectivity index (χ0v) is 16.9. The highest BCUT2D eigenvalue weighted by Gasteiger charge is 2.11. The molecule has 0 aliphatic rings. The molecule has 5 aromatic rings. The summed E-state index contributed by atoms with van der Waals surface area (Å²) in [6.07, 6.45) is 5.50. The van der Waals surface area contributed by atoms with Crippen LogP contribution in [0.25, 0.3) is 21.7 Å². The Kier molecular flexibility index (Phi) is 5.01. The molecule has 3 N–H and O–H groups in total. The van der Waals surface area contributed by atoms with Gasteiger partial charge in [-0.25, -0.2) is 9.89 Å². The molecule has 0 fully saturated rings. The Balaban J connectivity index is 1.42. The van der Waals surface area contributed by atoms with Crippen molar-refractivity contribution in [1.29, 1.82) is 0 Å². The van der Waals surface area contributed by atoms with Crippen LogP contribution in [0.5, 0.6) is 0 Å². The second kappa shape index (κ2) is 8.27. The number of carbonyl (C=O) groups is 1. The molecule has 3 heterocycles. The molecule has 0 saturated carbocycles. The normalized spacial score (nSPS) is 10.9. The SMILES string of the molecule is O=C(Nc1cccnc1)Nc1ccc2c(Cc3cnc4ccccc4c3)n[nH]c(=O)c2c1. The third-order valence-electron chi connectivity index (χ3n) is 5.06. The van der Waals surface area contributed by atoms with Crippen LogP contribution in [-0.2, 0) is 6.42 Å². The van der Waals surface area contributed by atoms with E-state index in [-0.39, 0.29) is 5.56 Å². The monoisotopic (exact) mass is 422 g/mol. The van der Waals surface area contributed by atoms with Crippen LogP contribution in [0, 0.1) is 0 Å². The maximum atomic E-state index is 12.4. The number of pyridine rings is 2. The van der Waals surface area contributed by atoms with E-state index in [2.05, 4.69) is 36.9 Å². The van der Waals surface area contributed by atoms with E-state index >= 15 is 0 Å². The van der Waals surface area contributed by atoms with Crippen LogP contribution < -0.4 is 16.2 Å². The van der Waals surface area contributed by atoms with E-state index in [9.17, 15) is 9.59 Å². The van der Waals surface area contributed by atoms with Crippen molar-refractivity contribution in [1.82, 2.24) is 20.2 Å². The molecule has 156 valence electrons. The van der Waals surface area contributed by atoms with Crippen molar-refractivity contribution >= 4 is 39.1 Å². The van der Waals surface area contributed by atoms with Crippen LogP contribution in [0.15, 0.2) is 84.0 Å². The minimum absolute atomic E-state index is 0.322. The maximum Gasteiger partial charge on any atom is 0.323 e. The Hall–Kier alpha value is -4.59. The van der Waals surface area contributed by atoms with E-state index in [1.165, 1.54) is 0 Å². The van der Waals surface area contributed by atoms with E-state index < -0.39 is 6.03 Å². The number of fused-ring (bicyclic) bond motifs is 2. The molecule has 2 aromatic carbocycles. The van der Waals surface area contributed by atoms with E-state index in [1.54, 1.807) is 42.7 Å². The van der Waals surface area contributed by atoms with Gasteiger partial charge in [-0.3, -0.25) is 14.8 Å². The van der Waals surface area contributed by atoms with Crippen molar-refractivity contribution in [2.75, 3.05) is 10.6 Å². The lowest BCUT2D eigenvalue weighted by Gasteiger charge is -2.10. The smallest absolute Gasteiger partial charge is 0.308 e. The minimum Gasteiger partial charge on any atom is -0.308 e. The quantitative estimate of drug-likeness (QED) is 0.404. The summed E-state index contributed by atoms with van der Waals surface area (Å²) < 4.78 is 0. The highest BCUT2D eigenvalue weighted by Crippen LogP contribution is 2.22. The van der Waals surface area contributed by atoms with Gasteiger partial charge in [-0.2, -0.15) is 5.10 Å². The number of aromatic amines is 1. The summed E-state index contributed by atoms with van der Waals surface area (Å²) >= 11 is 0. The Labute approximate surface area is 182 Å². The van der Waals surface area contributed by atoms with Gasteiger partial charge in [-0.1, -0.05) is 24.3 Å². The molecule has 3 aromatic heterocycles. The topological polar surface area (TPSA) is 113 Å². The number of carbonyl (C=O) groups excluding carboxylic acids is 1. The Bertz CT molecular complexity index is 1500. The number of rotatable bonds is 4. The first-order chi connectivity index (χ1) is 15.7. The second-order valence-electron chi connectivity index (χ2n) is 7.29. The molecule has 0 bridgehead atoms. The Morgan fingerprint density at radius 1 is 0.906 bits per heavy atom. The number of benzene rings is 2. The van der Waals surface area contributed by atoms with Crippen LogP contribution in [0.1, 0.15) is 11.3 Å². The Morgan fingerprint density at radius 2 is 1.78 bits per heavy atom. The van der Waals surface area contributed by atoms with Gasteiger partial charge in [0.2, 0.25) is 0 Å². The van der Waals surface area contributed by atoms with Gasteiger partial charge in [-0.05, 0) is 42.0 Å². The third-order valence-corrected chi connectivity index (χ3v) is 5.06. The lowest BCUT2D eigenvalue weighted by molar-refractivity contribution is 0.262. The van der Waals surface area contributed by atoms with Gasteiger partial charge < -0.3 is 10.6 Å². The molecular weight excluding hydrogens is 404 g/mol. The molecule has 8 nitrogen and oxygen atoms in total. The molecule has 8 heteroatoms. The molecule has 0 spiro atoms. The molecule has 0 saturated heterocycles. The van der Waals surface area contributed by atoms with E-state index in [0.717, 1.165) is 27.5 Å². The average molecular weight is 422 g/mol. The number of hydrogen-bond acceptors (Lipinski definition) is 5. The molecule has 0 atom stereocenters. The zero-order chi connectivity index (χ0) is 21.9. The molecule has 5 rings (SSSR count). The predicted molar refractivity (Wildman–Crippen MR) is 124 cm³/mol. The van der Waals surface area contributed by atoms with Crippen molar-refractivity contribution < 1.29 is 4.79 Å². The second-order valence-corrected chi connectivity index (χ2v) is 7.29. The lowest BCUT2D eigenvalue weighted by atomic mass is 10.0. The average Bonchev–Trinajstić information content (AvgIpc) is 2.81. The van der Waals surface area contributed by atoms with Crippen molar-refractivity contribution in [2.45, 2.75) is 6.42 Å². The summed E-state index contributed by atoms with van der Waals surface area (Å²) in [5.74, 6) is 0. The summed E-state index contributed by atoms with van der Waals surface area (Å²) in [5.41, 5.74) is 3.38.